The predicted molar refractivity (Wildman–Crippen MR) is 124 cm³/mol. The number of rotatable bonds is 7. The van der Waals surface area contributed by atoms with E-state index in [2.05, 4.69) is 10.6 Å². The quantitative estimate of drug-likeness (QED) is 0.225. The van der Waals surface area contributed by atoms with Crippen molar-refractivity contribution in [3.63, 3.8) is 0 Å². The third-order valence-electron chi connectivity index (χ3n) is 5.15. The molecule has 0 bridgehead atoms. The molecule has 4 N–H and O–H groups in total. The maximum Gasteiger partial charge on any atom is 0.170 e. The number of carbonyl (C=O) groups excluding carboxylic acids is 1. The smallest absolute Gasteiger partial charge is 0.170 e. The lowest BCUT2D eigenvalue weighted by Crippen LogP contribution is -2.22. The molecule has 3 aromatic carbocycles. The zero-order chi connectivity index (χ0) is 23.6. The topological polar surface area (TPSA) is 67.2 Å². The van der Waals surface area contributed by atoms with E-state index in [4.69, 9.17) is 13.6 Å². The fourth-order valence-corrected chi connectivity index (χ4v) is 3.59. The Labute approximate surface area is 186 Å². The molecule has 0 heterocycles. The monoisotopic (exact) mass is 437 g/mol. The molecule has 0 aliphatic carbocycles. The van der Waals surface area contributed by atoms with Gasteiger partial charge in [-0.15, -0.1) is 0 Å². The van der Waals surface area contributed by atoms with Gasteiger partial charge in [-0.1, -0.05) is 37.5 Å². The molecule has 0 spiro atoms. The van der Waals surface area contributed by atoms with Gasteiger partial charge in [-0.05, 0) is 34.9 Å². The summed E-state index contributed by atoms with van der Waals surface area (Å²) in [4.78, 5) is 11.4. The van der Waals surface area contributed by atoms with E-state index in [0.717, 1.165) is 5.56 Å². The Hall–Kier alpha value is -3.26. The van der Waals surface area contributed by atoms with E-state index in [9.17, 15) is 4.79 Å². The van der Waals surface area contributed by atoms with Crippen molar-refractivity contribution in [1.82, 2.24) is 5.32 Å². The van der Waals surface area contributed by atoms with E-state index >= 15 is 13.2 Å². The third kappa shape index (κ3) is 4.36. The molecule has 0 amide bonds. The lowest BCUT2D eigenvalue weighted by atomic mass is 9.82. The van der Waals surface area contributed by atoms with E-state index in [1.54, 1.807) is 25.2 Å². The van der Waals surface area contributed by atoms with Gasteiger partial charge in [0.25, 0.3) is 0 Å². The number of nitrogen functional groups attached to an aromatic ring is 1. The summed E-state index contributed by atoms with van der Waals surface area (Å²) in [5.41, 5.74) is 5.81. The Morgan fingerprint density at radius 1 is 1.03 bits per heavy atom. The molecule has 0 fully saturated rings. The van der Waals surface area contributed by atoms with Crippen molar-refractivity contribution in [3.8, 4) is 22.3 Å². The average molecular weight is 437 g/mol. The largest absolute Gasteiger partial charge is 0.397 e. The number of nitrogens with one attached hydrogen (secondary N) is 2. The highest BCUT2D eigenvalue weighted by Gasteiger charge is 2.25. The van der Waals surface area contributed by atoms with Crippen molar-refractivity contribution < 1.29 is 18.0 Å². The normalized spacial score (nSPS) is 11.1. The number of hydrogen-bond donors (Lipinski definition) is 3. The van der Waals surface area contributed by atoms with E-state index in [1.807, 2.05) is 13.8 Å². The molecule has 164 valence electrons. The van der Waals surface area contributed by atoms with E-state index in [-0.39, 0.29) is 28.4 Å². The summed E-state index contributed by atoms with van der Waals surface area (Å²) in [5.74, 6) is -3.78. The summed E-state index contributed by atoms with van der Waals surface area (Å²) in [6.45, 7) is 4.43. The minimum Gasteiger partial charge on any atom is -0.397 e. The Morgan fingerprint density at radius 2 is 1.72 bits per heavy atom. The number of anilines is 2. The Balaban J connectivity index is 2.18. The van der Waals surface area contributed by atoms with Gasteiger partial charge in [0.1, 0.15) is 13.7 Å². The third-order valence-corrected chi connectivity index (χ3v) is 5.15. The fraction of sp³-hybridized carbons (Fsp3) is 0.208. The van der Waals surface area contributed by atoms with Crippen LogP contribution in [0.5, 0.6) is 0 Å². The van der Waals surface area contributed by atoms with E-state index < -0.39 is 34.0 Å². The first-order valence-corrected chi connectivity index (χ1v) is 10.0. The zero-order valence-electron chi connectivity index (χ0n) is 18.0. The molecular weight excluding hydrogens is 414 g/mol. The van der Waals surface area contributed by atoms with Crippen LogP contribution in [0.2, 0.25) is 0 Å². The molecule has 4 nitrogen and oxygen atoms in total. The van der Waals surface area contributed by atoms with Crippen molar-refractivity contribution in [2.45, 2.75) is 26.4 Å². The summed E-state index contributed by atoms with van der Waals surface area (Å²) < 4.78 is 45.6. The standard InChI is InChI=1S/C24H23BF3N3O/c1-12(2)31-10-13-5-4-6-14(7-13)19-21(26)20(25)18(22(27)23(19)28)15-8-16(11-32)24(30-3)17(29)9-15/h4-9,11-12,30-31H,10,29H2,1-3H3. The molecule has 0 aliphatic heterocycles. The van der Waals surface area contributed by atoms with Crippen LogP contribution in [0.25, 0.3) is 22.3 Å². The molecule has 0 aromatic heterocycles. The maximum atomic E-state index is 15.3. The first-order chi connectivity index (χ1) is 15.2. The van der Waals surface area contributed by atoms with Crippen LogP contribution in [-0.4, -0.2) is 27.2 Å². The van der Waals surface area contributed by atoms with Gasteiger partial charge in [0.2, 0.25) is 0 Å². The first-order valence-electron chi connectivity index (χ1n) is 10.0. The van der Waals surface area contributed by atoms with Crippen LogP contribution in [-0.2, 0) is 6.54 Å². The van der Waals surface area contributed by atoms with Crippen molar-refractivity contribution in [2.24, 2.45) is 0 Å². The van der Waals surface area contributed by atoms with E-state index in [1.165, 1.54) is 18.2 Å². The Morgan fingerprint density at radius 3 is 2.34 bits per heavy atom. The molecule has 0 unspecified atom stereocenters. The Kier molecular flexibility index (Phi) is 6.94. The average Bonchev–Trinajstić information content (AvgIpc) is 2.76. The lowest BCUT2D eigenvalue weighted by molar-refractivity contribution is 0.112. The zero-order valence-corrected chi connectivity index (χ0v) is 18.0. The van der Waals surface area contributed by atoms with Crippen molar-refractivity contribution >= 4 is 31.0 Å². The summed E-state index contributed by atoms with van der Waals surface area (Å²) in [7, 11) is 7.49. The summed E-state index contributed by atoms with van der Waals surface area (Å²) >= 11 is 0. The second-order valence-corrected chi connectivity index (χ2v) is 7.74. The molecule has 0 aliphatic rings. The van der Waals surface area contributed by atoms with Gasteiger partial charge in [-0.3, -0.25) is 4.79 Å². The highest BCUT2D eigenvalue weighted by molar-refractivity contribution is 6.36. The summed E-state index contributed by atoms with van der Waals surface area (Å²) in [6.07, 6.45) is 0.511. The van der Waals surface area contributed by atoms with Gasteiger partial charge < -0.3 is 16.4 Å². The van der Waals surface area contributed by atoms with Gasteiger partial charge in [-0.25, -0.2) is 13.2 Å². The number of nitrogens with two attached hydrogens (primary N) is 1. The SMILES string of the molecule is [B]c1c(F)c(-c2cccc(CNC(C)C)c2)c(F)c(F)c1-c1cc(N)c(NC)c(C=O)c1. The van der Waals surface area contributed by atoms with Crippen LogP contribution >= 0.6 is 0 Å². The van der Waals surface area contributed by atoms with Crippen molar-refractivity contribution in [1.29, 1.82) is 0 Å². The number of hydrogen-bond acceptors (Lipinski definition) is 4. The lowest BCUT2D eigenvalue weighted by Gasteiger charge is -2.18. The predicted octanol–water partition coefficient (Wildman–Crippen LogP) is 4.17. The molecule has 0 atom stereocenters. The molecule has 3 rings (SSSR count). The number of carbonyl (C=O) groups is 1. The second-order valence-electron chi connectivity index (χ2n) is 7.74. The van der Waals surface area contributed by atoms with Gasteiger partial charge in [-0.2, -0.15) is 0 Å². The highest BCUT2D eigenvalue weighted by atomic mass is 19.2. The number of aldehydes is 1. The molecular formula is C24H23BF3N3O. The molecule has 8 heteroatoms. The molecule has 0 saturated heterocycles. The van der Waals surface area contributed by atoms with Crippen LogP contribution in [0.15, 0.2) is 36.4 Å². The van der Waals surface area contributed by atoms with Gasteiger partial charge in [0, 0.05) is 30.8 Å². The molecule has 3 aromatic rings. The molecule has 32 heavy (non-hydrogen) atoms. The van der Waals surface area contributed by atoms with Gasteiger partial charge in [0.05, 0.1) is 16.9 Å². The fourth-order valence-electron chi connectivity index (χ4n) is 3.59. The number of halogens is 3. The second kappa shape index (κ2) is 9.48. The van der Waals surface area contributed by atoms with Crippen LogP contribution in [0.4, 0.5) is 24.5 Å². The maximum absolute atomic E-state index is 15.3. The van der Waals surface area contributed by atoms with Crippen LogP contribution < -0.4 is 21.8 Å². The molecule has 2 radical (unpaired) electrons. The van der Waals surface area contributed by atoms with Crippen molar-refractivity contribution in [2.75, 3.05) is 18.1 Å². The summed E-state index contributed by atoms with van der Waals surface area (Å²) in [5, 5.41) is 5.98. The highest BCUT2D eigenvalue weighted by Crippen LogP contribution is 2.35. The number of benzene rings is 3. The van der Waals surface area contributed by atoms with Crippen LogP contribution in [0.3, 0.4) is 0 Å². The van der Waals surface area contributed by atoms with Gasteiger partial charge in [0.15, 0.2) is 17.9 Å². The Bertz CT molecular complexity index is 1150. The minimum atomic E-state index is -1.37. The van der Waals surface area contributed by atoms with Crippen LogP contribution in [0, 0.1) is 17.5 Å². The first kappa shape index (κ1) is 23.4. The minimum absolute atomic E-state index is 0.00201. The molecule has 0 saturated carbocycles. The summed E-state index contributed by atoms with van der Waals surface area (Å²) in [6, 6.07) is 9.32. The van der Waals surface area contributed by atoms with Gasteiger partial charge >= 0.3 is 0 Å². The van der Waals surface area contributed by atoms with E-state index in [0.29, 0.717) is 18.5 Å². The van der Waals surface area contributed by atoms with Crippen LogP contribution in [0.1, 0.15) is 29.8 Å². The van der Waals surface area contributed by atoms with Crippen molar-refractivity contribution in [3.05, 3.63) is 65.0 Å².